The Labute approximate surface area is 135 Å². The zero-order chi connectivity index (χ0) is 15.0. The Morgan fingerprint density at radius 3 is 2.86 bits per heavy atom. The number of anilines is 2. The lowest BCUT2D eigenvalue weighted by Crippen LogP contribution is -2.11. The minimum atomic E-state index is -3.35. The van der Waals surface area contributed by atoms with Crippen LogP contribution in [0.25, 0.3) is 0 Å². The molecular formula is C13H14BrN3O2S2. The van der Waals surface area contributed by atoms with Crippen LogP contribution in [0.3, 0.4) is 0 Å². The molecule has 21 heavy (non-hydrogen) atoms. The van der Waals surface area contributed by atoms with Crippen molar-refractivity contribution in [3.8, 4) is 0 Å². The number of hydrogen-bond acceptors (Lipinski definition) is 6. The molecule has 3 N–H and O–H groups in total. The summed E-state index contributed by atoms with van der Waals surface area (Å²) in [4.78, 5) is 0.171. The molecule has 0 bridgehead atoms. The third kappa shape index (κ3) is 3.07. The van der Waals surface area contributed by atoms with Crippen LogP contribution in [0.4, 0.5) is 10.8 Å². The van der Waals surface area contributed by atoms with Gasteiger partial charge < -0.3 is 11.1 Å². The summed E-state index contributed by atoms with van der Waals surface area (Å²) < 4.78 is 29.8. The van der Waals surface area contributed by atoms with Gasteiger partial charge in [0, 0.05) is 11.0 Å². The Bertz CT molecular complexity index is 769. The first-order valence-corrected chi connectivity index (χ1v) is 9.57. The molecule has 0 radical (unpaired) electrons. The summed E-state index contributed by atoms with van der Waals surface area (Å²) in [6.07, 6.45) is 1.42. The molecule has 0 atom stereocenters. The van der Waals surface area contributed by atoms with Crippen LogP contribution in [0.15, 0.2) is 33.6 Å². The number of rotatable bonds is 5. The summed E-state index contributed by atoms with van der Waals surface area (Å²) in [6, 6.07) is 7.82. The second kappa shape index (κ2) is 5.58. The predicted octanol–water partition coefficient (Wildman–Crippen LogP) is 3.04. The fraction of sp³-hybridized carbons (Fsp3) is 0.308. The molecular weight excluding hydrogens is 374 g/mol. The minimum Gasteiger partial charge on any atom is -0.382 e. The van der Waals surface area contributed by atoms with Crippen LogP contribution in [0.5, 0.6) is 0 Å². The van der Waals surface area contributed by atoms with Crippen LogP contribution in [-0.2, 0) is 16.4 Å². The van der Waals surface area contributed by atoms with E-state index in [1.807, 2.05) is 24.3 Å². The molecule has 1 fully saturated rings. The molecule has 0 amide bonds. The van der Waals surface area contributed by atoms with Gasteiger partial charge in [0.15, 0.2) is 15.7 Å². The number of nitrogens with zero attached hydrogens (tertiary/aromatic N) is 1. The number of sulfone groups is 1. The van der Waals surface area contributed by atoms with Gasteiger partial charge in [0.25, 0.3) is 0 Å². The number of nitrogens with two attached hydrogens (primary N) is 1. The SMILES string of the molecule is Nc1nsc(NCc2cccc(Br)c2)c1S(=O)(=O)C1CC1. The normalized spacial score (nSPS) is 15.1. The average Bonchev–Trinajstić information content (AvgIpc) is 3.21. The van der Waals surface area contributed by atoms with Crippen molar-refractivity contribution in [1.29, 1.82) is 0 Å². The van der Waals surface area contributed by atoms with E-state index < -0.39 is 9.84 Å². The van der Waals surface area contributed by atoms with Gasteiger partial charge in [-0.15, -0.1) is 0 Å². The van der Waals surface area contributed by atoms with Gasteiger partial charge >= 0.3 is 0 Å². The molecule has 1 aliphatic carbocycles. The van der Waals surface area contributed by atoms with Crippen LogP contribution >= 0.6 is 27.5 Å². The largest absolute Gasteiger partial charge is 0.382 e. The van der Waals surface area contributed by atoms with E-state index in [0.717, 1.165) is 21.6 Å². The van der Waals surface area contributed by atoms with Gasteiger partial charge in [-0.2, -0.15) is 4.37 Å². The van der Waals surface area contributed by atoms with E-state index in [1.165, 1.54) is 0 Å². The highest BCUT2D eigenvalue weighted by Crippen LogP contribution is 2.41. The third-order valence-electron chi connectivity index (χ3n) is 3.26. The Kier molecular flexibility index (Phi) is 3.94. The number of benzene rings is 1. The Morgan fingerprint density at radius 1 is 1.43 bits per heavy atom. The maximum Gasteiger partial charge on any atom is 0.187 e. The van der Waals surface area contributed by atoms with Crippen molar-refractivity contribution < 1.29 is 8.42 Å². The molecule has 1 aromatic carbocycles. The second-order valence-corrected chi connectivity index (χ2v) is 8.81. The zero-order valence-electron chi connectivity index (χ0n) is 11.0. The van der Waals surface area contributed by atoms with E-state index >= 15 is 0 Å². The van der Waals surface area contributed by atoms with E-state index in [9.17, 15) is 8.42 Å². The van der Waals surface area contributed by atoms with Crippen LogP contribution in [-0.4, -0.2) is 18.0 Å². The molecule has 1 aliphatic rings. The number of nitrogen functional groups attached to an aromatic ring is 1. The zero-order valence-corrected chi connectivity index (χ0v) is 14.3. The van der Waals surface area contributed by atoms with Crippen molar-refractivity contribution in [2.24, 2.45) is 0 Å². The summed E-state index contributed by atoms with van der Waals surface area (Å²) in [7, 11) is -3.35. The first-order valence-electron chi connectivity index (χ1n) is 6.46. The summed E-state index contributed by atoms with van der Waals surface area (Å²) >= 11 is 4.51. The number of nitrogens with one attached hydrogen (secondary N) is 1. The summed E-state index contributed by atoms with van der Waals surface area (Å²) in [5.41, 5.74) is 6.81. The van der Waals surface area contributed by atoms with Gasteiger partial charge in [-0.25, -0.2) is 8.42 Å². The molecule has 1 aromatic heterocycles. The fourth-order valence-electron chi connectivity index (χ4n) is 2.06. The van der Waals surface area contributed by atoms with Crippen molar-refractivity contribution in [2.75, 3.05) is 11.1 Å². The number of hydrogen-bond donors (Lipinski definition) is 2. The monoisotopic (exact) mass is 387 g/mol. The van der Waals surface area contributed by atoms with Gasteiger partial charge in [0.2, 0.25) is 0 Å². The highest BCUT2D eigenvalue weighted by molar-refractivity contribution is 9.10. The van der Waals surface area contributed by atoms with Crippen LogP contribution in [0.1, 0.15) is 18.4 Å². The molecule has 1 heterocycles. The van der Waals surface area contributed by atoms with Crippen molar-refractivity contribution >= 4 is 48.1 Å². The predicted molar refractivity (Wildman–Crippen MR) is 88.2 cm³/mol. The molecule has 1 saturated carbocycles. The molecule has 8 heteroatoms. The van der Waals surface area contributed by atoms with Crippen LogP contribution in [0.2, 0.25) is 0 Å². The van der Waals surface area contributed by atoms with Crippen molar-refractivity contribution in [1.82, 2.24) is 4.37 Å². The lowest BCUT2D eigenvalue weighted by molar-refractivity contribution is 0.595. The van der Waals surface area contributed by atoms with Crippen molar-refractivity contribution in [3.05, 3.63) is 34.3 Å². The molecule has 112 valence electrons. The minimum absolute atomic E-state index is 0.101. The quantitative estimate of drug-likeness (QED) is 0.823. The van der Waals surface area contributed by atoms with Gasteiger partial charge in [0.05, 0.1) is 5.25 Å². The van der Waals surface area contributed by atoms with E-state index in [4.69, 9.17) is 5.73 Å². The van der Waals surface area contributed by atoms with Gasteiger partial charge in [-0.1, -0.05) is 28.1 Å². The average molecular weight is 388 g/mol. The van der Waals surface area contributed by atoms with E-state index in [-0.39, 0.29) is 16.0 Å². The third-order valence-corrected chi connectivity index (χ3v) is 7.04. The maximum absolute atomic E-state index is 12.4. The molecule has 0 unspecified atom stereocenters. The topological polar surface area (TPSA) is 85.1 Å². The highest BCUT2D eigenvalue weighted by Gasteiger charge is 2.40. The van der Waals surface area contributed by atoms with Gasteiger partial charge in [0.1, 0.15) is 9.90 Å². The first-order chi connectivity index (χ1) is 9.98. The Balaban J connectivity index is 1.84. The summed E-state index contributed by atoms with van der Waals surface area (Å²) in [6.45, 7) is 0.522. The summed E-state index contributed by atoms with van der Waals surface area (Å²) in [5, 5.41) is 3.38. The lowest BCUT2D eigenvalue weighted by Gasteiger charge is -2.08. The van der Waals surface area contributed by atoms with Crippen molar-refractivity contribution in [3.63, 3.8) is 0 Å². The highest BCUT2D eigenvalue weighted by atomic mass is 79.9. The Morgan fingerprint density at radius 2 is 2.19 bits per heavy atom. The lowest BCUT2D eigenvalue weighted by atomic mass is 10.2. The van der Waals surface area contributed by atoms with E-state index in [1.54, 1.807) is 0 Å². The molecule has 0 saturated heterocycles. The molecule has 2 aromatic rings. The molecule has 0 aliphatic heterocycles. The smallest absolute Gasteiger partial charge is 0.187 e. The Hall–Kier alpha value is -1.12. The fourth-order valence-corrected chi connectivity index (χ4v) is 5.38. The maximum atomic E-state index is 12.4. The molecule has 5 nitrogen and oxygen atoms in total. The van der Waals surface area contributed by atoms with Crippen LogP contribution < -0.4 is 11.1 Å². The second-order valence-electron chi connectivity index (χ2n) is 4.95. The van der Waals surface area contributed by atoms with Crippen molar-refractivity contribution in [2.45, 2.75) is 29.5 Å². The van der Waals surface area contributed by atoms with E-state index in [0.29, 0.717) is 24.4 Å². The molecule has 3 rings (SSSR count). The first kappa shape index (κ1) is 14.8. The standard InChI is InChI=1S/C13H14BrN3O2S2/c14-9-3-1-2-8(6-9)7-16-13-11(12(15)17-20-13)21(18,19)10-4-5-10/h1-3,6,10,16H,4-5,7H2,(H2,15,17). The van der Waals surface area contributed by atoms with Gasteiger partial charge in [-0.3, -0.25) is 0 Å². The summed E-state index contributed by atoms with van der Waals surface area (Å²) in [5.74, 6) is 0.101. The number of halogens is 1. The van der Waals surface area contributed by atoms with Gasteiger partial charge in [-0.05, 0) is 42.1 Å². The number of aromatic nitrogens is 1. The van der Waals surface area contributed by atoms with E-state index in [2.05, 4.69) is 25.6 Å². The molecule has 0 spiro atoms. The van der Waals surface area contributed by atoms with Crippen LogP contribution in [0, 0.1) is 0 Å².